The van der Waals surface area contributed by atoms with Crippen LogP contribution in [0.3, 0.4) is 0 Å². The number of carbonyl (C=O) groups excluding carboxylic acids is 1. The minimum Gasteiger partial charge on any atom is -0.378 e. The lowest BCUT2D eigenvalue weighted by Crippen LogP contribution is -2.16. The second kappa shape index (κ2) is 5.07. The van der Waals surface area contributed by atoms with Crippen LogP contribution in [0.1, 0.15) is 36.1 Å². The van der Waals surface area contributed by atoms with Gasteiger partial charge in [0.1, 0.15) is 5.69 Å². The lowest BCUT2D eigenvalue weighted by Gasteiger charge is -2.12. The van der Waals surface area contributed by atoms with Crippen LogP contribution in [0.15, 0.2) is 18.3 Å². The van der Waals surface area contributed by atoms with Gasteiger partial charge in [0.25, 0.3) is 5.91 Å². The summed E-state index contributed by atoms with van der Waals surface area (Å²) in [6, 6.07) is 3.60. The largest absolute Gasteiger partial charge is 0.378 e. The third-order valence-electron chi connectivity index (χ3n) is 3.68. The molecular formula is C14H17N5OS. The maximum atomic E-state index is 12.2. The van der Waals surface area contributed by atoms with E-state index in [1.54, 1.807) is 12.3 Å². The van der Waals surface area contributed by atoms with E-state index >= 15 is 0 Å². The Balaban J connectivity index is 1.74. The Hall–Kier alpha value is -2.02. The molecule has 1 saturated carbocycles. The number of hydrogen-bond donors (Lipinski definition) is 1. The van der Waals surface area contributed by atoms with Crippen molar-refractivity contribution >= 4 is 28.3 Å². The zero-order valence-electron chi connectivity index (χ0n) is 12.3. The second-order valence-corrected chi connectivity index (χ2v) is 6.48. The average Bonchev–Trinajstić information content (AvgIpc) is 3.04. The number of rotatable bonds is 4. The van der Waals surface area contributed by atoms with Gasteiger partial charge in [-0.2, -0.15) is 4.37 Å². The third kappa shape index (κ3) is 2.87. The van der Waals surface area contributed by atoms with Crippen molar-refractivity contribution < 1.29 is 4.79 Å². The van der Waals surface area contributed by atoms with Crippen molar-refractivity contribution in [2.45, 2.75) is 25.2 Å². The van der Waals surface area contributed by atoms with E-state index in [9.17, 15) is 4.79 Å². The molecule has 0 aromatic carbocycles. The molecule has 2 aromatic rings. The van der Waals surface area contributed by atoms with Crippen molar-refractivity contribution in [3.8, 4) is 0 Å². The highest BCUT2D eigenvalue weighted by atomic mass is 32.1. The Bertz CT molecular complexity index is 678. The number of nitrogens with zero attached hydrogens (tertiary/aromatic N) is 4. The van der Waals surface area contributed by atoms with Crippen LogP contribution in [-0.4, -0.2) is 34.3 Å². The molecule has 2 heterocycles. The lowest BCUT2D eigenvalue weighted by molar-refractivity contribution is 0.102. The molecule has 1 N–H and O–H groups in total. The van der Waals surface area contributed by atoms with Gasteiger partial charge in [0, 0.05) is 42.9 Å². The quantitative estimate of drug-likeness (QED) is 0.938. The van der Waals surface area contributed by atoms with Gasteiger partial charge in [-0.1, -0.05) is 6.92 Å². The van der Waals surface area contributed by atoms with Gasteiger partial charge in [0.2, 0.25) is 5.13 Å². The molecule has 1 aliphatic rings. The summed E-state index contributed by atoms with van der Waals surface area (Å²) in [5.41, 5.74) is 1.41. The number of anilines is 2. The van der Waals surface area contributed by atoms with Crippen LogP contribution in [0.2, 0.25) is 0 Å². The molecular weight excluding hydrogens is 286 g/mol. The topological polar surface area (TPSA) is 71.0 Å². The minimum atomic E-state index is -0.262. The summed E-state index contributed by atoms with van der Waals surface area (Å²) in [6.45, 7) is 2.14. The fourth-order valence-corrected chi connectivity index (χ4v) is 2.61. The molecule has 1 fully saturated rings. The van der Waals surface area contributed by atoms with Gasteiger partial charge in [-0.25, -0.2) is 4.98 Å². The van der Waals surface area contributed by atoms with Gasteiger partial charge in [0.15, 0.2) is 5.82 Å². The fraction of sp³-hybridized carbons (Fsp3) is 0.429. The highest BCUT2D eigenvalue weighted by Crippen LogP contribution is 2.46. The zero-order chi connectivity index (χ0) is 15.0. The van der Waals surface area contributed by atoms with Crippen molar-refractivity contribution in [2.24, 2.45) is 0 Å². The molecule has 0 aliphatic heterocycles. The van der Waals surface area contributed by atoms with Gasteiger partial charge in [0.05, 0.1) is 0 Å². The molecule has 110 valence electrons. The SMILES string of the molecule is CN(C)c1ccnc(C(=O)Nc2nc(C3(C)CC3)ns2)c1. The Kier molecular flexibility index (Phi) is 3.36. The van der Waals surface area contributed by atoms with Gasteiger partial charge in [-0.05, 0) is 25.0 Å². The van der Waals surface area contributed by atoms with Crippen molar-refractivity contribution in [1.29, 1.82) is 0 Å². The Morgan fingerprint density at radius 3 is 2.86 bits per heavy atom. The summed E-state index contributed by atoms with van der Waals surface area (Å²) in [5.74, 6) is 0.570. The predicted molar refractivity (Wildman–Crippen MR) is 83.0 cm³/mol. The molecule has 7 heteroatoms. The van der Waals surface area contributed by atoms with E-state index in [2.05, 4.69) is 26.6 Å². The van der Waals surface area contributed by atoms with E-state index < -0.39 is 0 Å². The molecule has 6 nitrogen and oxygen atoms in total. The van der Waals surface area contributed by atoms with Crippen molar-refractivity contribution in [3.63, 3.8) is 0 Å². The highest BCUT2D eigenvalue weighted by Gasteiger charge is 2.42. The van der Waals surface area contributed by atoms with Crippen LogP contribution < -0.4 is 10.2 Å². The summed E-state index contributed by atoms with van der Waals surface area (Å²) < 4.78 is 4.33. The highest BCUT2D eigenvalue weighted by molar-refractivity contribution is 7.09. The van der Waals surface area contributed by atoms with Gasteiger partial charge < -0.3 is 4.90 Å². The Labute approximate surface area is 127 Å². The molecule has 0 spiro atoms. The normalized spacial score (nSPS) is 15.6. The van der Waals surface area contributed by atoms with E-state index in [4.69, 9.17) is 0 Å². The van der Waals surface area contributed by atoms with E-state index in [-0.39, 0.29) is 11.3 Å². The zero-order valence-corrected chi connectivity index (χ0v) is 13.1. The summed E-state index contributed by atoms with van der Waals surface area (Å²) in [5, 5.41) is 3.30. The fourth-order valence-electron chi connectivity index (χ4n) is 1.91. The first kappa shape index (κ1) is 13.9. The number of carbonyl (C=O) groups is 1. The Morgan fingerprint density at radius 1 is 1.43 bits per heavy atom. The van der Waals surface area contributed by atoms with Crippen LogP contribution in [0, 0.1) is 0 Å². The molecule has 0 radical (unpaired) electrons. The monoisotopic (exact) mass is 303 g/mol. The van der Waals surface area contributed by atoms with Crippen LogP contribution in [0.25, 0.3) is 0 Å². The summed E-state index contributed by atoms with van der Waals surface area (Å²) in [6.07, 6.45) is 3.86. The van der Waals surface area contributed by atoms with E-state index in [1.165, 1.54) is 11.5 Å². The van der Waals surface area contributed by atoms with Crippen molar-refractivity contribution in [1.82, 2.24) is 14.3 Å². The number of hydrogen-bond acceptors (Lipinski definition) is 6. The minimum absolute atomic E-state index is 0.114. The molecule has 1 aliphatic carbocycles. The summed E-state index contributed by atoms with van der Waals surface area (Å²) in [4.78, 5) is 22.6. The van der Waals surface area contributed by atoms with Crippen LogP contribution in [0.5, 0.6) is 0 Å². The van der Waals surface area contributed by atoms with E-state index in [1.807, 2.05) is 25.1 Å². The smallest absolute Gasteiger partial charge is 0.276 e. The predicted octanol–water partition coefficient (Wildman–Crippen LogP) is 2.30. The molecule has 1 amide bonds. The standard InChI is InChI=1S/C14H17N5OS/c1-14(5-6-14)12-17-13(21-18-12)16-11(20)10-8-9(19(2)3)4-7-15-10/h4,7-8H,5-6H2,1-3H3,(H,16,17,18,20). The van der Waals surface area contributed by atoms with Gasteiger partial charge in [-0.15, -0.1) is 0 Å². The first-order valence-electron chi connectivity index (χ1n) is 6.77. The van der Waals surface area contributed by atoms with Crippen molar-refractivity contribution in [2.75, 3.05) is 24.3 Å². The van der Waals surface area contributed by atoms with Crippen LogP contribution >= 0.6 is 11.5 Å². The van der Waals surface area contributed by atoms with Crippen molar-refractivity contribution in [3.05, 3.63) is 29.8 Å². The number of nitrogens with one attached hydrogen (secondary N) is 1. The first-order valence-corrected chi connectivity index (χ1v) is 7.54. The summed E-state index contributed by atoms with van der Waals surface area (Å²) in [7, 11) is 3.84. The lowest BCUT2D eigenvalue weighted by atomic mass is 10.1. The molecule has 0 bridgehead atoms. The molecule has 21 heavy (non-hydrogen) atoms. The molecule has 3 rings (SSSR count). The van der Waals surface area contributed by atoms with Crippen LogP contribution in [-0.2, 0) is 5.41 Å². The van der Waals surface area contributed by atoms with Gasteiger partial charge in [-0.3, -0.25) is 15.1 Å². The second-order valence-electron chi connectivity index (χ2n) is 5.73. The summed E-state index contributed by atoms with van der Waals surface area (Å²) >= 11 is 1.22. The number of amides is 1. The molecule has 0 unspecified atom stereocenters. The van der Waals surface area contributed by atoms with E-state index in [0.717, 1.165) is 24.4 Å². The molecule has 2 aromatic heterocycles. The van der Waals surface area contributed by atoms with E-state index in [0.29, 0.717) is 10.8 Å². The number of aromatic nitrogens is 3. The number of pyridine rings is 1. The maximum Gasteiger partial charge on any atom is 0.276 e. The maximum absolute atomic E-state index is 12.2. The Morgan fingerprint density at radius 2 is 2.19 bits per heavy atom. The average molecular weight is 303 g/mol. The third-order valence-corrected chi connectivity index (χ3v) is 4.31. The molecule has 0 atom stereocenters. The van der Waals surface area contributed by atoms with Gasteiger partial charge >= 0.3 is 0 Å². The van der Waals surface area contributed by atoms with Crippen LogP contribution in [0.4, 0.5) is 10.8 Å². The first-order chi connectivity index (χ1) is 9.98. The molecule has 0 saturated heterocycles.